The molecule has 0 saturated carbocycles. The fourth-order valence-corrected chi connectivity index (χ4v) is 1.56. The Hall–Kier alpha value is -0.840. The molecule has 0 radical (unpaired) electrons. The Bertz CT molecular complexity index is 384. The number of thiocarbonyl (C=S) groups is 1. The molecule has 16 heavy (non-hydrogen) atoms. The van der Waals surface area contributed by atoms with Gasteiger partial charge in [0.1, 0.15) is 4.99 Å². The fraction of sp³-hybridized carbons (Fsp3) is 0.364. The van der Waals surface area contributed by atoms with Gasteiger partial charge >= 0.3 is 0 Å². The minimum Gasteiger partial charge on any atom is -0.389 e. The first-order chi connectivity index (χ1) is 7.54. The molecule has 1 aromatic carbocycles. The van der Waals surface area contributed by atoms with Gasteiger partial charge in [0.2, 0.25) is 0 Å². The van der Waals surface area contributed by atoms with E-state index < -0.39 is 0 Å². The molecule has 0 fully saturated rings. The molecule has 0 amide bonds. The lowest BCUT2D eigenvalue weighted by Crippen LogP contribution is -2.20. The van der Waals surface area contributed by atoms with Crippen molar-refractivity contribution in [2.24, 2.45) is 5.73 Å². The fourth-order valence-electron chi connectivity index (χ4n) is 1.21. The summed E-state index contributed by atoms with van der Waals surface area (Å²) in [5, 5.41) is 3.86. The minimum absolute atomic E-state index is 0.109. The molecule has 0 aliphatic heterocycles. The van der Waals surface area contributed by atoms with Crippen molar-refractivity contribution in [1.29, 1.82) is 0 Å². The minimum atomic E-state index is 0.109. The van der Waals surface area contributed by atoms with Crippen LogP contribution >= 0.6 is 23.8 Å². The zero-order valence-electron chi connectivity index (χ0n) is 9.29. The highest BCUT2D eigenvalue weighted by Gasteiger charge is 2.07. The van der Waals surface area contributed by atoms with Crippen molar-refractivity contribution in [2.45, 2.75) is 13.0 Å². The molecule has 3 nitrogen and oxygen atoms in total. The molecule has 5 heteroatoms. The third-order valence-corrected chi connectivity index (χ3v) is 2.68. The molecule has 1 aromatic rings. The first-order valence-electron chi connectivity index (χ1n) is 4.90. The number of benzene rings is 1. The van der Waals surface area contributed by atoms with Crippen LogP contribution in [0, 0.1) is 0 Å². The van der Waals surface area contributed by atoms with E-state index in [1.807, 2.05) is 13.0 Å². The quantitative estimate of drug-likeness (QED) is 0.797. The number of hydrogen-bond acceptors (Lipinski definition) is 3. The summed E-state index contributed by atoms with van der Waals surface area (Å²) in [6, 6.07) is 5.38. The highest BCUT2D eigenvalue weighted by molar-refractivity contribution is 7.80. The Labute approximate surface area is 106 Å². The van der Waals surface area contributed by atoms with Crippen LogP contribution in [-0.2, 0) is 4.74 Å². The van der Waals surface area contributed by atoms with Crippen molar-refractivity contribution in [3.8, 4) is 0 Å². The highest BCUT2D eigenvalue weighted by Crippen LogP contribution is 2.21. The number of ether oxygens (including phenoxy) is 1. The largest absolute Gasteiger partial charge is 0.389 e. The van der Waals surface area contributed by atoms with Crippen LogP contribution in [0.15, 0.2) is 18.2 Å². The number of nitrogens with two attached hydrogens (primary N) is 1. The molecule has 88 valence electrons. The van der Waals surface area contributed by atoms with Gasteiger partial charge in [-0.2, -0.15) is 0 Å². The van der Waals surface area contributed by atoms with Gasteiger partial charge in [-0.3, -0.25) is 0 Å². The van der Waals surface area contributed by atoms with Gasteiger partial charge in [-0.15, -0.1) is 0 Å². The monoisotopic (exact) mass is 258 g/mol. The van der Waals surface area contributed by atoms with Crippen LogP contribution in [0.1, 0.15) is 12.5 Å². The van der Waals surface area contributed by atoms with Crippen molar-refractivity contribution >= 4 is 34.5 Å². The normalized spacial score (nSPS) is 12.2. The number of anilines is 1. The van der Waals surface area contributed by atoms with E-state index in [1.54, 1.807) is 19.2 Å². The molecular weight excluding hydrogens is 244 g/mol. The molecule has 1 rings (SSSR count). The number of rotatable bonds is 5. The van der Waals surface area contributed by atoms with Gasteiger partial charge in [-0.05, 0) is 25.1 Å². The standard InChI is InChI=1S/C11H15ClN2OS/c1-7(15-2)6-14-10-5-8(12)3-4-9(10)11(13)16/h3-5,7,14H,6H2,1-2H3,(H2,13,16). The molecule has 0 spiro atoms. The summed E-state index contributed by atoms with van der Waals surface area (Å²) in [5.41, 5.74) is 7.25. The second-order valence-corrected chi connectivity index (χ2v) is 4.36. The molecule has 0 bridgehead atoms. The van der Waals surface area contributed by atoms with Gasteiger partial charge in [0, 0.05) is 29.9 Å². The smallest absolute Gasteiger partial charge is 0.106 e. The zero-order chi connectivity index (χ0) is 12.1. The van der Waals surface area contributed by atoms with Crippen molar-refractivity contribution in [3.05, 3.63) is 28.8 Å². The Balaban J connectivity index is 2.84. The van der Waals surface area contributed by atoms with Crippen LogP contribution < -0.4 is 11.1 Å². The average molecular weight is 259 g/mol. The maximum absolute atomic E-state index is 5.92. The topological polar surface area (TPSA) is 47.3 Å². The van der Waals surface area contributed by atoms with Crippen LogP contribution in [0.4, 0.5) is 5.69 Å². The van der Waals surface area contributed by atoms with E-state index in [4.69, 9.17) is 34.3 Å². The second kappa shape index (κ2) is 6.03. The predicted octanol–water partition coefficient (Wildman–Crippen LogP) is 2.42. The molecule has 3 N–H and O–H groups in total. The van der Waals surface area contributed by atoms with Gasteiger partial charge in [0.15, 0.2) is 0 Å². The van der Waals surface area contributed by atoms with Crippen molar-refractivity contribution in [1.82, 2.24) is 0 Å². The van der Waals surface area contributed by atoms with Crippen molar-refractivity contribution in [2.75, 3.05) is 19.0 Å². The van der Waals surface area contributed by atoms with Gasteiger partial charge < -0.3 is 15.8 Å². The Kier molecular flexibility index (Phi) is 4.99. The lowest BCUT2D eigenvalue weighted by atomic mass is 10.1. The van der Waals surface area contributed by atoms with Gasteiger partial charge in [0.05, 0.1) is 6.10 Å². The lowest BCUT2D eigenvalue weighted by Gasteiger charge is -2.15. The molecule has 0 aliphatic rings. The molecule has 1 unspecified atom stereocenters. The van der Waals surface area contributed by atoms with Gasteiger partial charge in [0.25, 0.3) is 0 Å². The maximum Gasteiger partial charge on any atom is 0.106 e. The Morgan fingerprint density at radius 3 is 2.88 bits per heavy atom. The SMILES string of the molecule is COC(C)CNc1cc(Cl)ccc1C(N)=S. The van der Waals surface area contributed by atoms with E-state index in [0.717, 1.165) is 11.3 Å². The maximum atomic E-state index is 5.92. The third-order valence-electron chi connectivity index (χ3n) is 2.23. The number of methoxy groups -OCH3 is 1. The summed E-state index contributed by atoms with van der Waals surface area (Å²) in [5.74, 6) is 0. The molecule has 0 saturated heterocycles. The van der Waals surface area contributed by atoms with Crippen LogP contribution in [0.25, 0.3) is 0 Å². The average Bonchev–Trinajstić information content (AvgIpc) is 2.25. The Morgan fingerprint density at radius 1 is 1.62 bits per heavy atom. The first kappa shape index (κ1) is 13.2. The second-order valence-electron chi connectivity index (χ2n) is 3.48. The van der Waals surface area contributed by atoms with Gasteiger partial charge in [-0.1, -0.05) is 23.8 Å². The van der Waals surface area contributed by atoms with E-state index in [9.17, 15) is 0 Å². The van der Waals surface area contributed by atoms with Crippen LogP contribution in [0.3, 0.4) is 0 Å². The molecule has 0 aliphatic carbocycles. The number of hydrogen-bond donors (Lipinski definition) is 2. The highest BCUT2D eigenvalue weighted by atomic mass is 35.5. The third kappa shape index (κ3) is 3.63. The summed E-state index contributed by atoms with van der Waals surface area (Å²) in [6.07, 6.45) is 0.109. The molecular formula is C11H15ClN2OS. The van der Waals surface area contributed by atoms with Crippen LogP contribution in [0.2, 0.25) is 5.02 Å². The zero-order valence-corrected chi connectivity index (χ0v) is 10.9. The predicted molar refractivity (Wildman–Crippen MR) is 72.3 cm³/mol. The van der Waals surface area contributed by atoms with Crippen molar-refractivity contribution in [3.63, 3.8) is 0 Å². The van der Waals surface area contributed by atoms with Crippen molar-refractivity contribution < 1.29 is 4.74 Å². The molecule has 0 aromatic heterocycles. The van der Waals surface area contributed by atoms with E-state index >= 15 is 0 Å². The van der Waals surface area contributed by atoms with E-state index in [1.165, 1.54) is 0 Å². The van der Waals surface area contributed by atoms with Crippen LogP contribution in [-0.4, -0.2) is 24.7 Å². The summed E-state index contributed by atoms with van der Waals surface area (Å²) in [4.78, 5) is 0.351. The number of nitrogens with one attached hydrogen (secondary N) is 1. The van der Waals surface area contributed by atoms with Gasteiger partial charge in [-0.25, -0.2) is 0 Å². The van der Waals surface area contributed by atoms with E-state index in [2.05, 4.69) is 5.32 Å². The number of halogens is 1. The summed E-state index contributed by atoms with van der Waals surface area (Å²) >= 11 is 10.9. The van der Waals surface area contributed by atoms with E-state index in [-0.39, 0.29) is 6.10 Å². The lowest BCUT2D eigenvalue weighted by molar-refractivity contribution is 0.129. The van der Waals surface area contributed by atoms with E-state index in [0.29, 0.717) is 16.6 Å². The summed E-state index contributed by atoms with van der Waals surface area (Å²) in [6.45, 7) is 2.64. The molecule has 1 atom stereocenters. The van der Waals surface area contributed by atoms with Crippen LogP contribution in [0.5, 0.6) is 0 Å². The molecule has 0 heterocycles. The summed E-state index contributed by atoms with van der Waals surface area (Å²) in [7, 11) is 1.67. The first-order valence-corrected chi connectivity index (χ1v) is 5.69. The summed E-state index contributed by atoms with van der Waals surface area (Å²) < 4.78 is 5.14. The Morgan fingerprint density at radius 2 is 2.31 bits per heavy atom.